The second kappa shape index (κ2) is 9.46. The summed E-state index contributed by atoms with van der Waals surface area (Å²) in [5.41, 5.74) is 0.548. The van der Waals surface area contributed by atoms with Crippen LogP contribution in [0.3, 0.4) is 0 Å². The lowest BCUT2D eigenvalue weighted by molar-refractivity contribution is 0.250. The maximum atomic E-state index is 12.1. The van der Waals surface area contributed by atoms with Gasteiger partial charge in [0.25, 0.3) is 0 Å². The molecule has 0 fully saturated rings. The summed E-state index contributed by atoms with van der Waals surface area (Å²) < 4.78 is 22.1. The molecule has 7 nitrogen and oxygen atoms in total. The third kappa shape index (κ3) is 5.34. The number of urea groups is 1. The standard InChI is InChI=1S/C18H24N2O5/c1-4-22-15-10-13(11-16(23-5-2)17(15)24-6-3)20-18(21)19-12-14-8-7-9-25-14/h7-11H,4-6,12H2,1-3H3,(H2,19,20,21). The van der Waals surface area contributed by atoms with E-state index in [0.717, 1.165) is 0 Å². The molecule has 2 amide bonds. The van der Waals surface area contributed by atoms with Crippen LogP contribution in [0.5, 0.6) is 17.2 Å². The van der Waals surface area contributed by atoms with E-state index in [-0.39, 0.29) is 6.03 Å². The van der Waals surface area contributed by atoms with Gasteiger partial charge in [0.2, 0.25) is 5.75 Å². The zero-order valence-electron chi connectivity index (χ0n) is 14.8. The summed E-state index contributed by atoms with van der Waals surface area (Å²) in [7, 11) is 0. The molecule has 1 aromatic carbocycles. The smallest absolute Gasteiger partial charge is 0.319 e. The fraction of sp³-hybridized carbons (Fsp3) is 0.389. The first-order valence-electron chi connectivity index (χ1n) is 8.31. The molecule has 0 aliphatic rings. The molecule has 1 heterocycles. The van der Waals surface area contributed by atoms with Crippen molar-refractivity contribution in [2.45, 2.75) is 27.3 Å². The molecule has 0 atom stereocenters. The second-order valence-corrected chi connectivity index (χ2v) is 4.99. The highest BCUT2D eigenvalue weighted by molar-refractivity contribution is 5.90. The van der Waals surface area contributed by atoms with Gasteiger partial charge in [-0.3, -0.25) is 0 Å². The average Bonchev–Trinajstić information content (AvgIpc) is 3.10. The molecule has 0 aliphatic carbocycles. The molecule has 2 N–H and O–H groups in total. The van der Waals surface area contributed by atoms with Crippen molar-refractivity contribution in [2.75, 3.05) is 25.1 Å². The third-order valence-electron chi connectivity index (χ3n) is 3.17. The highest BCUT2D eigenvalue weighted by Gasteiger charge is 2.16. The minimum Gasteiger partial charge on any atom is -0.490 e. The second-order valence-electron chi connectivity index (χ2n) is 4.99. The van der Waals surface area contributed by atoms with Crippen LogP contribution in [0, 0.1) is 0 Å². The summed E-state index contributed by atoms with van der Waals surface area (Å²) in [6.45, 7) is 7.38. The number of amides is 2. The first-order valence-corrected chi connectivity index (χ1v) is 8.31. The number of carbonyl (C=O) groups excluding carboxylic acids is 1. The van der Waals surface area contributed by atoms with Crippen LogP contribution < -0.4 is 24.8 Å². The van der Waals surface area contributed by atoms with Crippen LogP contribution in [-0.2, 0) is 6.54 Å². The number of ether oxygens (including phenoxy) is 3. The van der Waals surface area contributed by atoms with E-state index in [2.05, 4.69) is 10.6 Å². The molecule has 2 rings (SSSR count). The Hall–Kier alpha value is -2.83. The van der Waals surface area contributed by atoms with Gasteiger partial charge in [0.1, 0.15) is 5.76 Å². The molecule has 0 aliphatic heterocycles. The molecule has 1 aromatic heterocycles. The lowest BCUT2D eigenvalue weighted by Crippen LogP contribution is -2.28. The van der Waals surface area contributed by atoms with Gasteiger partial charge in [-0.25, -0.2) is 4.79 Å². The van der Waals surface area contributed by atoms with Crippen molar-refractivity contribution in [2.24, 2.45) is 0 Å². The maximum absolute atomic E-state index is 12.1. The molecule has 2 aromatic rings. The predicted molar refractivity (Wildman–Crippen MR) is 94.5 cm³/mol. The van der Waals surface area contributed by atoms with Crippen molar-refractivity contribution in [1.29, 1.82) is 0 Å². The Bertz CT molecular complexity index is 643. The van der Waals surface area contributed by atoms with Crippen molar-refractivity contribution < 1.29 is 23.4 Å². The highest BCUT2D eigenvalue weighted by atomic mass is 16.5. The Morgan fingerprint density at radius 2 is 1.68 bits per heavy atom. The molecule has 0 bridgehead atoms. The zero-order chi connectivity index (χ0) is 18.1. The van der Waals surface area contributed by atoms with Gasteiger partial charge in [-0.05, 0) is 32.9 Å². The van der Waals surface area contributed by atoms with Crippen LogP contribution in [-0.4, -0.2) is 25.9 Å². The van der Waals surface area contributed by atoms with E-state index in [0.29, 0.717) is 55.1 Å². The van der Waals surface area contributed by atoms with Crippen molar-refractivity contribution in [3.63, 3.8) is 0 Å². The fourth-order valence-corrected chi connectivity index (χ4v) is 2.22. The normalized spacial score (nSPS) is 10.2. The largest absolute Gasteiger partial charge is 0.490 e. The molecule has 7 heteroatoms. The van der Waals surface area contributed by atoms with Crippen molar-refractivity contribution in [3.05, 3.63) is 36.3 Å². The zero-order valence-corrected chi connectivity index (χ0v) is 14.8. The van der Waals surface area contributed by atoms with Gasteiger partial charge >= 0.3 is 6.03 Å². The SMILES string of the molecule is CCOc1cc(NC(=O)NCc2ccco2)cc(OCC)c1OCC. The van der Waals surface area contributed by atoms with Crippen LogP contribution >= 0.6 is 0 Å². The quantitative estimate of drug-likeness (QED) is 0.720. The average molecular weight is 348 g/mol. The van der Waals surface area contributed by atoms with E-state index in [9.17, 15) is 4.79 Å². The third-order valence-corrected chi connectivity index (χ3v) is 3.17. The summed E-state index contributed by atoms with van der Waals surface area (Å²) in [5, 5.41) is 5.48. The van der Waals surface area contributed by atoms with E-state index in [1.807, 2.05) is 20.8 Å². The molecule has 0 saturated heterocycles. The topological polar surface area (TPSA) is 82.0 Å². The Morgan fingerprint density at radius 3 is 2.20 bits per heavy atom. The van der Waals surface area contributed by atoms with Gasteiger partial charge in [0, 0.05) is 12.1 Å². The van der Waals surface area contributed by atoms with Gasteiger partial charge < -0.3 is 29.3 Å². The van der Waals surface area contributed by atoms with Crippen molar-refractivity contribution >= 4 is 11.7 Å². The summed E-state index contributed by atoms with van der Waals surface area (Å²) in [5.74, 6) is 2.26. The van der Waals surface area contributed by atoms with E-state index < -0.39 is 0 Å². The monoisotopic (exact) mass is 348 g/mol. The Balaban J connectivity index is 2.13. The van der Waals surface area contributed by atoms with Gasteiger partial charge in [-0.15, -0.1) is 0 Å². The molecule has 25 heavy (non-hydrogen) atoms. The Kier molecular flexibility index (Phi) is 7.00. The summed E-state index contributed by atoms with van der Waals surface area (Å²) in [6.07, 6.45) is 1.56. The molecule has 0 saturated carbocycles. The lowest BCUT2D eigenvalue weighted by Gasteiger charge is -2.17. The maximum Gasteiger partial charge on any atom is 0.319 e. The number of hydrogen-bond acceptors (Lipinski definition) is 5. The van der Waals surface area contributed by atoms with Gasteiger partial charge in [0.15, 0.2) is 11.5 Å². The Morgan fingerprint density at radius 1 is 1.04 bits per heavy atom. The molecular weight excluding hydrogens is 324 g/mol. The summed E-state index contributed by atoms with van der Waals surface area (Å²) in [4.78, 5) is 12.1. The highest BCUT2D eigenvalue weighted by Crippen LogP contribution is 2.40. The van der Waals surface area contributed by atoms with Gasteiger partial charge in [0.05, 0.1) is 38.3 Å². The van der Waals surface area contributed by atoms with Crippen molar-refractivity contribution in [3.8, 4) is 17.2 Å². The molecule has 0 unspecified atom stereocenters. The molecule has 0 spiro atoms. The molecular formula is C18H24N2O5. The van der Waals surface area contributed by atoms with Gasteiger partial charge in [-0.1, -0.05) is 0 Å². The number of hydrogen-bond donors (Lipinski definition) is 2. The van der Waals surface area contributed by atoms with E-state index in [4.69, 9.17) is 18.6 Å². The Labute approximate surface area is 147 Å². The predicted octanol–water partition coefficient (Wildman–Crippen LogP) is 3.80. The lowest BCUT2D eigenvalue weighted by atomic mass is 10.2. The number of nitrogens with one attached hydrogen (secondary N) is 2. The van der Waals surface area contributed by atoms with Crippen LogP contribution in [0.2, 0.25) is 0 Å². The molecule has 0 radical (unpaired) electrons. The van der Waals surface area contributed by atoms with Crippen LogP contribution in [0.15, 0.2) is 34.9 Å². The van der Waals surface area contributed by atoms with Gasteiger partial charge in [-0.2, -0.15) is 0 Å². The number of carbonyl (C=O) groups is 1. The fourth-order valence-electron chi connectivity index (χ4n) is 2.22. The van der Waals surface area contributed by atoms with Crippen LogP contribution in [0.1, 0.15) is 26.5 Å². The van der Waals surface area contributed by atoms with Crippen molar-refractivity contribution in [1.82, 2.24) is 5.32 Å². The number of benzene rings is 1. The van der Waals surface area contributed by atoms with E-state index >= 15 is 0 Å². The minimum atomic E-state index is -0.356. The van der Waals surface area contributed by atoms with E-state index in [1.165, 1.54) is 0 Å². The molecule has 136 valence electrons. The van der Waals surface area contributed by atoms with E-state index in [1.54, 1.807) is 30.5 Å². The number of rotatable bonds is 9. The summed E-state index contributed by atoms with van der Waals surface area (Å²) >= 11 is 0. The minimum absolute atomic E-state index is 0.298. The summed E-state index contributed by atoms with van der Waals surface area (Å²) in [6, 6.07) is 6.62. The van der Waals surface area contributed by atoms with Crippen LogP contribution in [0.25, 0.3) is 0 Å². The number of anilines is 1. The first-order chi connectivity index (χ1) is 12.2. The number of furan rings is 1. The van der Waals surface area contributed by atoms with Crippen LogP contribution in [0.4, 0.5) is 10.5 Å². The first kappa shape index (κ1) is 18.5.